The topological polar surface area (TPSA) is 69.4 Å². The molecule has 0 N–H and O–H groups in total. The van der Waals surface area contributed by atoms with Crippen LogP contribution in [0.1, 0.15) is 29.4 Å². The van der Waals surface area contributed by atoms with Crippen molar-refractivity contribution in [1.29, 1.82) is 0 Å². The van der Waals surface area contributed by atoms with Gasteiger partial charge in [-0.2, -0.15) is 10.1 Å². The van der Waals surface area contributed by atoms with E-state index in [1.54, 1.807) is 6.92 Å². The molecule has 0 amide bonds. The second kappa shape index (κ2) is 4.26. The maximum absolute atomic E-state index is 11.7. The van der Waals surface area contributed by atoms with Crippen molar-refractivity contribution in [3.8, 4) is 0 Å². The van der Waals surface area contributed by atoms with Gasteiger partial charge in [0.1, 0.15) is 6.33 Å². The number of hydrogen-bond acceptors (Lipinski definition) is 5. The highest BCUT2D eigenvalue weighted by molar-refractivity contribution is 5.90. The lowest BCUT2D eigenvalue weighted by atomic mass is 10.2. The van der Waals surface area contributed by atoms with E-state index >= 15 is 0 Å². The molecule has 2 aromatic heterocycles. The van der Waals surface area contributed by atoms with Crippen LogP contribution in [0.4, 0.5) is 0 Å². The van der Waals surface area contributed by atoms with Crippen molar-refractivity contribution in [2.45, 2.75) is 20.3 Å². The third-order valence-electron chi connectivity index (χ3n) is 2.20. The highest BCUT2D eigenvalue weighted by Gasteiger charge is 2.14. The second-order valence-corrected chi connectivity index (χ2v) is 3.37. The summed E-state index contributed by atoms with van der Waals surface area (Å²) in [5, 5.41) is 3.98. The van der Waals surface area contributed by atoms with Crippen molar-refractivity contribution >= 4 is 11.7 Å². The van der Waals surface area contributed by atoms with Crippen molar-refractivity contribution in [1.82, 2.24) is 19.6 Å². The number of ether oxygens (including phenoxy) is 1. The third kappa shape index (κ3) is 1.73. The van der Waals surface area contributed by atoms with Crippen LogP contribution < -0.4 is 0 Å². The molecule has 16 heavy (non-hydrogen) atoms. The molecular weight excluding hydrogens is 208 g/mol. The summed E-state index contributed by atoms with van der Waals surface area (Å²) in [5.74, 6) is 0.105. The average Bonchev–Trinajstić information content (AvgIpc) is 2.75. The fourth-order valence-corrected chi connectivity index (χ4v) is 1.36. The Labute approximate surface area is 92.3 Å². The largest absolute Gasteiger partial charge is 0.462 e. The number of aryl methyl sites for hydroxylation is 1. The molecule has 0 fully saturated rings. The van der Waals surface area contributed by atoms with E-state index in [9.17, 15) is 4.79 Å². The minimum absolute atomic E-state index is 0.371. The Bertz CT molecular complexity index is 521. The Morgan fingerprint density at radius 1 is 1.50 bits per heavy atom. The van der Waals surface area contributed by atoms with Gasteiger partial charge in [-0.25, -0.2) is 14.3 Å². The molecule has 2 aromatic rings. The predicted molar refractivity (Wildman–Crippen MR) is 56.1 cm³/mol. The van der Waals surface area contributed by atoms with Gasteiger partial charge in [0.05, 0.1) is 17.9 Å². The maximum atomic E-state index is 11.7. The average molecular weight is 220 g/mol. The summed E-state index contributed by atoms with van der Waals surface area (Å²) in [6.07, 6.45) is 3.66. The number of carbonyl (C=O) groups is 1. The number of nitrogens with zero attached hydrogens (tertiary/aromatic N) is 4. The molecule has 6 nitrogen and oxygen atoms in total. The van der Waals surface area contributed by atoms with Crippen molar-refractivity contribution in [3.05, 3.63) is 23.8 Å². The molecule has 0 aliphatic heterocycles. The summed E-state index contributed by atoms with van der Waals surface area (Å²) in [6.45, 7) is 4.14. The van der Waals surface area contributed by atoms with Crippen LogP contribution in [-0.2, 0) is 4.74 Å². The van der Waals surface area contributed by atoms with Crippen LogP contribution in [-0.4, -0.2) is 32.2 Å². The molecular formula is C10H12N4O2. The number of aromatic nitrogens is 4. The molecule has 2 heterocycles. The quantitative estimate of drug-likeness (QED) is 0.722. The first-order chi connectivity index (χ1) is 7.74. The lowest BCUT2D eigenvalue weighted by Gasteiger charge is -2.06. The van der Waals surface area contributed by atoms with Crippen LogP contribution in [0, 0.1) is 6.92 Å². The van der Waals surface area contributed by atoms with Crippen molar-refractivity contribution in [3.63, 3.8) is 0 Å². The van der Waals surface area contributed by atoms with E-state index < -0.39 is 0 Å². The minimum atomic E-state index is -0.371. The summed E-state index contributed by atoms with van der Waals surface area (Å²) in [6, 6.07) is 0. The molecule has 0 bridgehead atoms. The van der Waals surface area contributed by atoms with Gasteiger partial charge in [-0.15, -0.1) is 0 Å². The number of fused-ring (bicyclic) bond motifs is 1. The van der Waals surface area contributed by atoms with E-state index in [4.69, 9.17) is 4.74 Å². The molecule has 0 aliphatic rings. The fourth-order valence-electron chi connectivity index (χ4n) is 1.36. The summed E-state index contributed by atoms with van der Waals surface area (Å²) in [4.78, 5) is 19.6. The Morgan fingerprint density at radius 3 is 3.06 bits per heavy atom. The van der Waals surface area contributed by atoms with Crippen LogP contribution in [0.2, 0.25) is 0 Å². The standard InChI is InChI=1S/C10H12N4O2/c1-3-4-16-9(15)8-5-11-10-12-6-13-14(10)7(8)2/h5-6H,3-4H2,1-2H3. The SMILES string of the molecule is CCCOC(=O)c1cnc2ncnn2c1C. The van der Waals surface area contributed by atoms with E-state index in [1.807, 2.05) is 6.92 Å². The zero-order valence-electron chi connectivity index (χ0n) is 9.17. The summed E-state index contributed by atoms with van der Waals surface area (Å²) in [7, 11) is 0. The number of carbonyl (C=O) groups excluding carboxylic acids is 1. The fraction of sp³-hybridized carbons (Fsp3) is 0.400. The molecule has 0 aliphatic carbocycles. The van der Waals surface area contributed by atoms with Gasteiger partial charge in [0.15, 0.2) is 0 Å². The molecule has 2 rings (SSSR count). The van der Waals surface area contributed by atoms with Crippen LogP contribution in [0.25, 0.3) is 5.78 Å². The lowest BCUT2D eigenvalue weighted by Crippen LogP contribution is -2.11. The molecule has 0 spiro atoms. The predicted octanol–water partition coefficient (Wildman–Crippen LogP) is 1.000. The highest BCUT2D eigenvalue weighted by atomic mass is 16.5. The Kier molecular flexibility index (Phi) is 2.80. The molecule has 6 heteroatoms. The number of rotatable bonds is 3. The zero-order valence-corrected chi connectivity index (χ0v) is 9.17. The van der Waals surface area contributed by atoms with Crippen LogP contribution in [0.15, 0.2) is 12.5 Å². The van der Waals surface area contributed by atoms with Crippen LogP contribution >= 0.6 is 0 Å². The number of esters is 1. The first-order valence-corrected chi connectivity index (χ1v) is 5.06. The smallest absolute Gasteiger partial charge is 0.341 e. The summed E-state index contributed by atoms with van der Waals surface area (Å²) < 4.78 is 6.56. The van der Waals surface area contributed by atoms with Gasteiger partial charge >= 0.3 is 5.97 Å². The van der Waals surface area contributed by atoms with E-state index in [1.165, 1.54) is 17.0 Å². The normalized spacial score (nSPS) is 10.6. The minimum Gasteiger partial charge on any atom is -0.462 e. The van der Waals surface area contributed by atoms with Gasteiger partial charge in [-0.1, -0.05) is 6.92 Å². The second-order valence-electron chi connectivity index (χ2n) is 3.37. The van der Waals surface area contributed by atoms with E-state index in [0.717, 1.165) is 6.42 Å². The Balaban J connectivity index is 2.37. The van der Waals surface area contributed by atoms with Crippen LogP contribution in [0.5, 0.6) is 0 Å². The van der Waals surface area contributed by atoms with E-state index in [2.05, 4.69) is 15.1 Å². The molecule has 0 atom stereocenters. The van der Waals surface area contributed by atoms with Gasteiger partial charge in [0.2, 0.25) is 0 Å². The first kappa shape index (κ1) is 10.5. The van der Waals surface area contributed by atoms with Gasteiger partial charge in [0.25, 0.3) is 5.78 Å². The van der Waals surface area contributed by atoms with Crippen LogP contribution in [0.3, 0.4) is 0 Å². The highest BCUT2D eigenvalue weighted by Crippen LogP contribution is 2.08. The summed E-state index contributed by atoms with van der Waals surface area (Å²) in [5.41, 5.74) is 1.11. The van der Waals surface area contributed by atoms with Crippen molar-refractivity contribution in [2.75, 3.05) is 6.61 Å². The first-order valence-electron chi connectivity index (χ1n) is 5.06. The monoisotopic (exact) mass is 220 g/mol. The molecule has 0 saturated carbocycles. The van der Waals surface area contributed by atoms with Gasteiger partial charge in [0, 0.05) is 6.20 Å². The Morgan fingerprint density at radius 2 is 2.31 bits per heavy atom. The van der Waals surface area contributed by atoms with Gasteiger partial charge < -0.3 is 4.74 Å². The maximum Gasteiger partial charge on any atom is 0.341 e. The van der Waals surface area contributed by atoms with E-state index in [0.29, 0.717) is 23.6 Å². The molecule has 0 saturated heterocycles. The molecule has 0 unspecified atom stereocenters. The summed E-state index contributed by atoms with van der Waals surface area (Å²) >= 11 is 0. The van der Waals surface area contributed by atoms with E-state index in [-0.39, 0.29) is 5.97 Å². The van der Waals surface area contributed by atoms with Gasteiger partial charge in [-0.05, 0) is 13.3 Å². The third-order valence-corrected chi connectivity index (χ3v) is 2.20. The van der Waals surface area contributed by atoms with Gasteiger partial charge in [-0.3, -0.25) is 0 Å². The lowest BCUT2D eigenvalue weighted by molar-refractivity contribution is 0.0503. The number of hydrogen-bond donors (Lipinski definition) is 0. The molecule has 0 aromatic carbocycles. The zero-order chi connectivity index (χ0) is 11.5. The van der Waals surface area contributed by atoms with Crippen molar-refractivity contribution < 1.29 is 9.53 Å². The van der Waals surface area contributed by atoms with Crippen molar-refractivity contribution in [2.24, 2.45) is 0 Å². The molecule has 84 valence electrons. The molecule has 0 radical (unpaired) electrons. The Hall–Kier alpha value is -1.98.